The minimum absolute atomic E-state index is 0.0289. The Labute approximate surface area is 82.8 Å². The molecule has 1 N–H and O–H groups in total. The second-order valence-corrected chi connectivity index (χ2v) is 3.94. The summed E-state index contributed by atoms with van der Waals surface area (Å²) in [6.45, 7) is 0. The molecule has 2 nitrogen and oxygen atoms in total. The number of carbonyl (C=O) groups is 1. The highest BCUT2D eigenvalue weighted by atomic mass is 79.9. The second-order valence-electron chi connectivity index (χ2n) is 3.08. The Balaban J connectivity index is 2.57. The standard InChI is InChI=1S/C8H9BrF2O2/c9-5(8(12)13)1-4-2-6(10)7(11)3-4/h1,4,6-7H,2-3H2,(H,12,13)/b5-1-/t4?,6-,7+. The van der Waals surface area contributed by atoms with Gasteiger partial charge in [0.25, 0.3) is 0 Å². The molecule has 74 valence electrons. The molecule has 1 aliphatic rings. The van der Waals surface area contributed by atoms with Crippen LogP contribution in [0, 0.1) is 5.92 Å². The van der Waals surface area contributed by atoms with Gasteiger partial charge in [0.15, 0.2) is 0 Å². The Morgan fingerprint density at radius 3 is 2.23 bits per heavy atom. The van der Waals surface area contributed by atoms with Gasteiger partial charge in [0.05, 0.1) is 4.48 Å². The van der Waals surface area contributed by atoms with Crippen molar-refractivity contribution in [2.75, 3.05) is 0 Å². The molecular formula is C8H9BrF2O2. The van der Waals surface area contributed by atoms with Gasteiger partial charge in [-0.25, -0.2) is 13.6 Å². The molecule has 1 unspecified atom stereocenters. The maximum atomic E-state index is 12.7. The summed E-state index contributed by atoms with van der Waals surface area (Å²) in [5.41, 5.74) is 0. The number of alkyl halides is 2. The average molecular weight is 255 g/mol. The summed E-state index contributed by atoms with van der Waals surface area (Å²) in [4.78, 5) is 10.3. The lowest BCUT2D eigenvalue weighted by atomic mass is 10.1. The van der Waals surface area contributed by atoms with Crippen LogP contribution in [-0.4, -0.2) is 23.4 Å². The minimum Gasteiger partial charge on any atom is -0.477 e. The van der Waals surface area contributed by atoms with Crippen molar-refractivity contribution in [3.63, 3.8) is 0 Å². The summed E-state index contributed by atoms with van der Waals surface area (Å²) in [7, 11) is 0. The van der Waals surface area contributed by atoms with Crippen molar-refractivity contribution in [2.24, 2.45) is 5.92 Å². The Morgan fingerprint density at radius 1 is 1.38 bits per heavy atom. The molecule has 0 heterocycles. The first-order chi connectivity index (χ1) is 6.00. The lowest BCUT2D eigenvalue weighted by Crippen LogP contribution is -2.06. The van der Waals surface area contributed by atoms with Crippen molar-refractivity contribution in [1.29, 1.82) is 0 Å². The number of rotatable bonds is 2. The maximum absolute atomic E-state index is 12.7. The lowest BCUT2D eigenvalue weighted by molar-refractivity contribution is -0.131. The monoisotopic (exact) mass is 254 g/mol. The van der Waals surface area contributed by atoms with Crippen molar-refractivity contribution >= 4 is 21.9 Å². The molecule has 5 heteroatoms. The fourth-order valence-electron chi connectivity index (χ4n) is 1.38. The largest absolute Gasteiger partial charge is 0.477 e. The molecule has 0 radical (unpaired) electrons. The summed E-state index contributed by atoms with van der Waals surface area (Å²) < 4.78 is 25.3. The van der Waals surface area contributed by atoms with Crippen molar-refractivity contribution in [2.45, 2.75) is 25.2 Å². The molecule has 0 amide bonds. The first-order valence-electron chi connectivity index (χ1n) is 3.89. The van der Waals surface area contributed by atoms with Crippen LogP contribution in [-0.2, 0) is 4.79 Å². The molecule has 0 aromatic heterocycles. The van der Waals surface area contributed by atoms with Crippen LogP contribution in [0.2, 0.25) is 0 Å². The SMILES string of the molecule is O=C(O)/C(Br)=C/C1C[C@@H](F)[C@@H](F)C1. The van der Waals surface area contributed by atoms with E-state index in [9.17, 15) is 13.6 Å². The van der Waals surface area contributed by atoms with Crippen LogP contribution in [0.15, 0.2) is 10.6 Å². The Kier molecular flexibility index (Phi) is 3.41. The van der Waals surface area contributed by atoms with Crippen molar-refractivity contribution in [3.8, 4) is 0 Å². The van der Waals surface area contributed by atoms with Gasteiger partial charge in [-0.3, -0.25) is 0 Å². The van der Waals surface area contributed by atoms with Gasteiger partial charge in [-0.15, -0.1) is 0 Å². The van der Waals surface area contributed by atoms with Crippen LogP contribution in [0.4, 0.5) is 8.78 Å². The Morgan fingerprint density at radius 2 is 1.85 bits per heavy atom. The van der Waals surface area contributed by atoms with Gasteiger partial charge in [0.2, 0.25) is 0 Å². The quantitative estimate of drug-likeness (QED) is 0.769. The third kappa shape index (κ3) is 2.76. The molecule has 1 rings (SSSR count). The average Bonchev–Trinajstić information content (AvgIpc) is 2.31. The molecule has 0 bridgehead atoms. The van der Waals surface area contributed by atoms with Crippen LogP contribution in [0.5, 0.6) is 0 Å². The van der Waals surface area contributed by atoms with E-state index in [4.69, 9.17) is 5.11 Å². The Bertz CT molecular complexity index is 232. The number of carboxylic acids is 1. The predicted molar refractivity (Wildman–Crippen MR) is 47.2 cm³/mol. The molecule has 0 aromatic carbocycles. The normalized spacial score (nSPS) is 35.0. The fourth-order valence-corrected chi connectivity index (χ4v) is 1.76. The number of aliphatic carboxylic acids is 1. The van der Waals surface area contributed by atoms with Crippen LogP contribution in [0.1, 0.15) is 12.8 Å². The van der Waals surface area contributed by atoms with Gasteiger partial charge in [-0.2, -0.15) is 0 Å². The zero-order valence-corrected chi connectivity index (χ0v) is 8.30. The lowest BCUT2D eigenvalue weighted by Gasteiger charge is -2.00. The van der Waals surface area contributed by atoms with Gasteiger partial charge < -0.3 is 5.11 Å². The van der Waals surface area contributed by atoms with Crippen molar-refractivity contribution in [3.05, 3.63) is 10.6 Å². The third-order valence-electron chi connectivity index (χ3n) is 2.03. The molecule has 1 saturated carbocycles. The number of hydrogen-bond donors (Lipinski definition) is 1. The number of hydrogen-bond acceptors (Lipinski definition) is 1. The molecule has 1 fully saturated rings. The van der Waals surface area contributed by atoms with Gasteiger partial charge in [-0.05, 0) is 34.7 Å². The molecule has 0 saturated heterocycles. The number of carboxylic acid groups (broad SMARTS) is 1. The smallest absolute Gasteiger partial charge is 0.342 e. The fraction of sp³-hybridized carbons (Fsp3) is 0.625. The van der Waals surface area contributed by atoms with E-state index < -0.39 is 18.3 Å². The molecular weight excluding hydrogens is 246 g/mol. The highest BCUT2D eigenvalue weighted by Crippen LogP contribution is 2.32. The van der Waals surface area contributed by atoms with Gasteiger partial charge in [0, 0.05) is 0 Å². The van der Waals surface area contributed by atoms with E-state index in [0.29, 0.717) is 0 Å². The van der Waals surface area contributed by atoms with E-state index in [-0.39, 0.29) is 23.2 Å². The third-order valence-corrected chi connectivity index (χ3v) is 2.64. The maximum Gasteiger partial charge on any atom is 0.342 e. The second kappa shape index (κ2) is 4.17. The zero-order chi connectivity index (χ0) is 10.0. The van der Waals surface area contributed by atoms with Gasteiger partial charge in [0.1, 0.15) is 12.3 Å². The highest BCUT2D eigenvalue weighted by Gasteiger charge is 2.33. The van der Waals surface area contributed by atoms with E-state index >= 15 is 0 Å². The molecule has 0 aliphatic heterocycles. The molecule has 13 heavy (non-hydrogen) atoms. The van der Waals surface area contributed by atoms with Gasteiger partial charge >= 0.3 is 5.97 Å². The van der Waals surface area contributed by atoms with Crippen molar-refractivity contribution in [1.82, 2.24) is 0 Å². The minimum atomic E-state index is -1.45. The Hall–Kier alpha value is -0.450. The van der Waals surface area contributed by atoms with E-state index in [2.05, 4.69) is 15.9 Å². The van der Waals surface area contributed by atoms with E-state index in [0.717, 1.165) is 0 Å². The molecule has 0 spiro atoms. The summed E-state index contributed by atoms with van der Waals surface area (Å²) >= 11 is 2.81. The van der Waals surface area contributed by atoms with E-state index in [1.54, 1.807) is 0 Å². The summed E-state index contributed by atoms with van der Waals surface area (Å²) in [6, 6.07) is 0. The predicted octanol–water partition coefficient (Wildman–Crippen LogP) is 2.44. The van der Waals surface area contributed by atoms with Crippen LogP contribution in [0.25, 0.3) is 0 Å². The van der Waals surface area contributed by atoms with E-state index in [1.807, 2.05) is 0 Å². The zero-order valence-electron chi connectivity index (χ0n) is 6.71. The van der Waals surface area contributed by atoms with Crippen LogP contribution in [0.3, 0.4) is 0 Å². The van der Waals surface area contributed by atoms with Gasteiger partial charge in [-0.1, -0.05) is 6.08 Å². The molecule has 3 atom stereocenters. The van der Waals surface area contributed by atoms with Crippen LogP contribution >= 0.6 is 15.9 Å². The van der Waals surface area contributed by atoms with Crippen molar-refractivity contribution < 1.29 is 18.7 Å². The highest BCUT2D eigenvalue weighted by molar-refractivity contribution is 9.12. The summed E-state index contributed by atoms with van der Waals surface area (Å²) in [6.07, 6.45) is -1.40. The van der Waals surface area contributed by atoms with E-state index in [1.165, 1.54) is 6.08 Å². The molecule has 0 aromatic rings. The topological polar surface area (TPSA) is 37.3 Å². The number of halogens is 3. The first-order valence-corrected chi connectivity index (χ1v) is 4.68. The number of allylic oxidation sites excluding steroid dienone is 1. The first kappa shape index (κ1) is 10.6. The summed E-state index contributed by atoms with van der Waals surface area (Å²) in [5.74, 6) is -1.42. The van der Waals surface area contributed by atoms with Crippen LogP contribution < -0.4 is 0 Å². The summed E-state index contributed by atoms with van der Waals surface area (Å²) in [5, 5.41) is 8.47. The molecule has 1 aliphatic carbocycles.